The lowest BCUT2D eigenvalue weighted by molar-refractivity contribution is -0.148. The first-order valence-electron chi connectivity index (χ1n) is 6.40. The van der Waals surface area contributed by atoms with Crippen LogP contribution in [-0.2, 0) is 9.53 Å². The molecule has 2 amide bonds. The molecule has 7 nitrogen and oxygen atoms in total. The molecule has 1 aliphatic rings. The fourth-order valence-corrected chi connectivity index (χ4v) is 2.12. The van der Waals surface area contributed by atoms with E-state index in [1.54, 1.807) is 11.9 Å². The summed E-state index contributed by atoms with van der Waals surface area (Å²) in [6.45, 7) is 1.91. The molecule has 2 N–H and O–H groups in total. The molecule has 1 rings (SSSR count). The number of hydrogen-bond donors (Lipinski definition) is 2. The van der Waals surface area contributed by atoms with E-state index in [0.717, 1.165) is 25.9 Å². The molecule has 0 bridgehead atoms. The second kappa shape index (κ2) is 7.30. The van der Waals surface area contributed by atoms with E-state index < -0.39 is 12.1 Å². The van der Waals surface area contributed by atoms with Crippen LogP contribution in [0.15, 0.2) is 0 Å². The fraction of sp³-hybridized carbons (Fsp3) is 0.833. The number of ether oxygens (including phenoxy) is 1. The lowest BCUT2D eigenvalue weighted by atomic mass is 10.0. The van der Waals surface area contributed by atoms with Crippen molar-refractivity contribution in [2.75, 3.05) is 40.8 Å². The van der Waals surface area contributed by atoms with Gasteiger partial charge in [-0.15, -0.1) is 0 Å². The molecule has 0 aromatic heterocycles. The van der Waals surface area contributed by atoms with E-state index in [0.29, 0.717) is 0 Å². The summed E-state index contributed by atoms with van der Waals surface area (Å²) in [5, 5.41) is 11.4. The van der Waals surface area contributed by atoms with E-state index >= 15 is 0 Å². The van der Waals surface area contributed by atoms with Crippen LogP contribution in [0.2, 0.25) is 0 Å². The van der Waals surface area contributed by atoms with Crippen molar-refractivity contribution < 1.29 is 19.4 Å². The maximum Gasteiger partial charge on any atom is 0.334 e. The lowest BCUT2D eigenvalue weighted by Gasteiger charge is -2.35. The number of amides is 2. The number of hydrogen-bond acceptors (Lipinski definition) is 4. The number of urea groups is 1. The highest BCUT2D eigenvalue weighted by Crippen LogP contribution is 2.13. The Bertz CT molecular complexity index is 316. The number of carboxylic acids is 1. The van der Waals surface area contributed by atoms with Gasteiger partial charge in [-0.1, -0.05) is 0 Å². The number of carboxylic acid groups (broad SMARTS) is 1. The van der Waals surface area contributed by atoms with Crippen molar-refractivity contribution in [2.24, 2.45) is 0 Å². The predicted molar refractivity (Wildman–Crippen MR) is 70.1 cm³/mol. The molecule has 0 aromatic rings. The van der Waals surface area contributed by atoms with Gasteiger partial charge in [0.15, 0.2) is 6.10 Å². The average Bonchev–Trinajstić information content (AvgIpc) is 2.38. The molecule has 0 radical (unpaired) electrons. The number of likely N-dealkylation sites (tertiary alicyclic amines) is 1. The number of carbonyl (C=O) groups is 2. The summed E-state index contributed by atoms with van der Waals surface area (Å²) in [7, 11) is 5.12. The largest absolute Gasteiger partial charge is 0.479 e. The zero-order chi connectivity index (χ0) is 14.4. The van der Waals surface area contributed by atoms with Gasteiger partial charge in [-0.25, -0.2) is 9.59 Å². The minimum atomic E-state index is -1.08. The Morgan fingerprint density at radius 1 is 1.47 bits per heavy atom. The first kappa shape index (κ1) is 15.7. The van der Waals surface area contributed by atoms with Gasteiger partial charge in [0.2, 0.25) is 0 Å². The fourth-order valence-electron chi connectivity index (χ4n) is 2.12. The number of methoxy groups -OCH3 is 1. The van der Waals surface area contributed by atoms with Gasteiger partial charge < -0.3 is 25.0 Å². The van der Waals surface area contributed by atoms with Crippen LogP contribution >= 0.6 is 0 Å². The third-order valence-electron chi connectivity index (χ3n) is 3.55. The topological polar surface area (TPSA) is 82.1 Å². The summed E-state index contributed by atoms with van der Waals surface area (Å²) in [6.07, 6.45) is 0.870. The highest BCUT2D eigenvalue weighted by Gasteiger charge is 2.25. The molecule has 1 saturated heterocycles. The Labute approximate surface area is 113 Å². The molecule has 0 saturated carbocycles. The minimum Gasteiger partial charge on any atom is -0.479 e. The third kappa shape index (κ3) is 4.68. The highest BCUT2D eigenvalue weighted by atomic mass is 16.5. The van der Waals surface area contributed by atoms with Crippen LogP contribution in [0, 0.1) is 0 Å². The van der Waals surface area contributed by atoms with Crippen molar-refractivity contribution >= 4 is 12.0 Å². The number of aliphatic carboxylic acids is 1. The molecular formula is C12H23N3O4. The van der Waals surface area contributed by atoms with E-state index in [1.807, 2.05) is 0 Å². The van der Waals surface area contributed by atoms with Crippen LogP contribution in [0.3, 0.4) is 0 Å². The Kier molecular flexibility index (Phi) is 6.04. The molecule has 7 heteroatoms. The molecule has 0 aromatic carbocycles. The van der Waals surface area contributed by atoms with Gasteiger partial charge in [0.1, 0.15) is 0 Å². The Balaban J connectivity index is 2.38. The molecule has 0 aliphatic carbocycles. The Hall–Kier alpha value is -1.34. The Morgan fingerprint density at radius 3 is 2.53 bits per heavy atom. The van der Waals surface area contributed by atoms with Crippen LogP contribution in [0.1, 0.15) is 12.8 Å². The SMILES string of the molecule is COC(CNC(=O)N(C)C1CCN(C)CC1)C(=O)O. The second-order valence-electron chi connectivity index (χ2n) is 4.89. The number of nitrogens with zero attached hydrogens (tertiary/aromatic N) is 2. The molecule has 1 fully saturated rings. The monoisotopic (exact) mass is 273 g/mol. The lowest BCUT2D eigenvalue weighted by Crippen LogP contribution is -2.50. The number of rotatable bonds is 5. The summed E-state index contributed by atoms with van der Waals surface area (Å²) < 4.78 is 4.76. The van der Waals surface area contributed by atoms with Gasteiger partial charge in [-0.05, 0) is 33.0 Å². The summed E-state index contributed by atoms with van der Waals surface area (Å²) in [4.78, 5) is 26.6. The first-order chi connectivity index (χ1) is 8.95. The standard InChI is InChI=1S/C12H23N3O4/c1-14-6-4-9(5-7-14)15(2)12(18)13-8-10(19-3)11(16)17/h9-10H,4-8H2,1-3H3,(H,13,18)(H,16,17). The predicted octanol–water partition coefficient (Wildman–Crippen LogP) is -0.178. The first-order valence-corrected chi connectivity index (χ1v) is 6.40. The molecule has 1 aliphatic heterocycles. The number of carbonyl (C=O) groups excluding carboxylic acids is 1. The van der Waals surface area contributed by atoms with Crippen molar-refractivity contribution in [3.63, 3.8) is 0 Å². The quantitative estimate of drug-likeness (QED) is 0.726. The summed E-state index contributed by atoms with van der Waals surface area (Å²) in [5.41, 5.74) is 0. The zero-order valence-corrected chi connectivity index (χ0v) is 11.8. The molecule has 1 atom stereocenters. The number of nitrogens with one attached hydrogen (secondary N) is 1. The van der Waals surface area contributed by atoms with Crippen molar-refractivity contribution in [3.8, 4) is 0 Å². The molecule has 110 valence electrons. The van der Waals surface area contributed by atoms with Crippen molar-refractivity contribution in [1.82, 2.24) is 15.1 Å². The van der Waals surface area contributed by atoms with E-state index in [9.17, 15) is 9.59 Å². The maximum atomic E-state index is 11.9. The Morgan fingerprint density at radius 2 is 2.05 bits per heavy atom. The third-order valence-corrected chi connectivity index (χ3v) is 3.55. The normalized spacial score (nSPS) is 18.9. The molecule has 1 unspecified atom stereocenters. The van der Waals surface area contributed by atoms with Crippen molar-refractivity contribution in [3.05, 3.63) is 0 Å². The highest BCUT2D eigenvalue weighted by molar-refractivity contribution is 5.77. The van der Waals surface area contributed by atoms with Gasteiger partial charge in [0.25, 0.3) is 0 Å². The van der Waals surface area contributed by atoms with Crippen LogP contribution < -0.4 is 5.32 Å². The van der Waals surface area contributed by atoms with Crippen LogP contribution in [0.5, 0.6) is 0 Å². The van der Waals surface area contributed by atoms with Gasteiger partial charge in [-0.3, -0.25) is 0 Å². The van der Waals surface area contributed by atoms with Gasteiger partial charge in [0.05, 0.1) is 6.54 Å². The van der Waals surface area contributed by atoms with Crippen LogP contribution in [0.25, 0.3) is 0 Å². The maximum absolute atomic E-state index is 11.9. The summed E-state index contributed by atoms with van der Waals surface area (Å²) >= 11 is 0. The van der Waals surface area contributed by atoms with Gasteiger partial charge in [-0.2, -0.15) is 0 Å². The molecule has 0 spiro atoms. The van der Waals surface area contributed by atoms with Crippen LogP contribution in [-0.4, -0.2) is 79.9 Å². The van der Waals surface area contributed by atoms with E-state index in [4.69, 9.17) is 9.84 Å². The van der Waals surface area contributed by atoms with Crippen molar-refractivity contribution in [1.29, 1.82) is 0 Å². The molecular weight excluding hydrogens is 250 g/mol. The molecule has 1 heterocycles. The van der Waals surface area contributed by atoms with Crippen LogP contribution in [0.4, 0.5) is 4.79 Å². The van der Waals surface area contributed by atoms with E-state index in [-0.39, 0.29) is 18.6 Å². The molecule has 19 heavy (non-hydrogen) atoms. The van der Waals surface area contributed by atoms with Crippen molar-refractivity contribution in [2.45, 2.75) is 25.0 Å². The smallest absolute Gasteiger partial charge is 0.334 e. The zero-order valence-electron chi connectivity index (χ0n) is 11.8. The average molecular weight is 273 g/mol. The van der Waals surface area contributed by atoms with Gasteiger partial charge >= 0.3 is 12.0 Å². The van der Waals surface area contributed by atoms with E-state index in [2.05, 4.69) is 17.3 Å². The minimum absolute atomic E-state index is 0.0262. The second-order valence-corrected chi connectivity index (χ2v) is 4.89. The summed E-state index contributed by atoms with van der Waals surface area (Å²) in [5.74, 6) is -1.08. The van der Waals surface area contributed by atoms with Gasteiger partial charge in [0, 0.05) is 20.2 Å². The summed E-state index contributed by atoms with van der Waals surface area (Å²) in [6, 6.07) is -0.0418. The number of piperidine rings is 1. The van der Waals surface area contributed by atoms with E-state index in [1.165, 1.54) is 7.11 Å².